The van der Waals surface area contributed by atoms with Gasteiger partial charge in [0.15, 0.2) is 0 Å². The number of nitrogens with zero attached hydrogens (tertiary/aromatic N) is 2. The molecule has 0 radical (unpaired) electrons. The maximum absolute atomic E-state index is 5.69. The van der Waals surface area contributed by atoms with Crippen molar-refractivity contribution in [2.24, 2.45) is 16.3 Å². The predicted octanol–water partition coefficient (Wildman–Crippen LogP) is 1.01. The van der Waals surface area contributed by atoms with Crippen molar-refractivity contribution < 1.29 is 0 Å². The zero-order valence-corrected chi connectivity index (χ0v) is 7.59. The Kier molecular flexibility index (Phi) is 2.18. The third-order valence-electron chi connectivity index (χ3n) is 1.66. The van der Waals surface area contributed by atoms with Crippen LogP contribution in [-0.2, 0) is 0 Å². The maximum atomic E-state index is 5.69. The van der Waals surface area contributed by atoms with Gasteiger partial charge in [-0.2, -0.15) is 0 Å². The molecular weight excluding hydrogens is 138 g/mol. The van der Waals surface area contributed by atoms with Gasteiger partial charge in [-0.1, -0.05) is 20.8 Å². The average Bonchev–Trinajstić information content (AvgIpc) is 2.12. The number of hydrogen-bond acceptors (Lipinski definition) is 3. The second-order valence-electron chi connectivity index (χ2n) is 4.23. The van der Waals surface area contributed by atoms with E-state index in [1.165, 1.54) is 0 Å². The van der Waals surface area contributed by atoms with Crippen LogP contribution in [0.5, 0.6) is 0 Å². The fraction of sp³-hybridized carbons (Fsp3) is 0.875. The van der Waals surface area contributed by atoms with Crippen LogP contribution in [0.4, 0.5) is 0 Å². The Hall–Kier alpha value is -0.570. The van der Waals surface area contributed by atoms with Gasteiger partial charge >= 0.3 is 0 Å². The highest BCUT2D eigenvalue weighted by atomic mass is 15.4. The number of amidine groups is 1. The Labute approximate surface area is 68.3 Å². The van der Waals surface area contributed by atoms with E-state index in [0.717, 1.165) is 25.3 Å². The SMILES string of the molecule is CC(C)(C)CC1=NCCN1N. The molecule has 1 heterocycles. The van der Waals surface area contributed by atoms with Crippen LogP contribution >= 0.6 is 0 Å². The summed E-state index contributed by atoms with van der Waals surface area (Å²) in [6, 6.07) is 0. The lowest BCUT2D eigenvalue weighted by Gasteiger charge is -2.21. The molecule has 0 aromatic rings. The first kappa shape index (κ1) is 8.53. The lowest BCUT2D eigenvalue weighted by molar-refractivity contribution is 0.395. The minimum atomic E-state index is 0.292. The van der Waals surface area contributed by atoms with Crippen LogP contribution in [0.1, 0.15) is 27.2 Å². The summed E-state index contributed by atoms with van der Waals surface area (Å²) in [6.45, 7) is 8.33. The van der Waals surface area contributed by atoms with E-state index in [4.69, 9.17) is 5.84 Å². The van der Waals surface area contributed by atoms with E-state index in [1.54, 1.807) is 5.01 Å². The second-order valence-corrected chi connectivity index (χ2v) is 4.23. The molecule has 0 amide bonds. The van der Waals surface area contributed by atoms with E-state index in [2.05, 4.69) is 25.8 Å². The van der Waals surface area contributed by atoms with Crippen molar-refractivity contribution in [3.05, 3.63) is 0 Å². The summed E-state index contributed by atoms with van der Waals surface area (Å²) >= 11 is 0. The molecule has 0 aromatic carbocycles. The van der Waals surface area contributed by atoms with E-state index >= 15 is 0 Å². The van der Waals surface area contributed by atoms with Crippen LogP contribution in [0.3, 0.4) is 0 Å². The number of aliphatic imine (C=N–C) groups is 1. The number of nitrogens with two attached hydrogens (primary N) is 1. The standard InChI is InChI=1S/C8H17N3/c1-8(2,3)6-7-10-4-5-11(7)9/h4-6,9H2,1-3H3. The fourth-order valence-electron chi connectivity index (χ4n) is 1.14. The summed E-state index contributed by atoms with van der Waals surface area (Å²) in [5, 5.41) is 1.76. The summed E-state index contributed by atoms with van der Waals surface area (Å²) in [6.07, 6.45) is 0.976. The van der Waals surface area contributed by atoms with Gasteiger partial charge < -0.3 is 0 Å². The predicted molar refractivity (Wildman–Crippen MR) is 47.3 cm³/mol. The zero-order valence-electron chi connectivity index (χ0n) is 7.59. The molecule has 1 aliphatic heterocycles. The van der Waals surface area contributed by atoms with Crippen molar-refractivity contribution >= 4 is 5.84 Å². The van der Waals surface area contributed by atoms with Gasteiger partial charge in [0.1, 0.15) is 5.84 Å². The van der Waals surface area contributed by atoms with Gasteiger partial charge in [0.2, 0.25) is 0 Å². The highest BCUT2D eigenvalue weighted by Crippen LogP contribution is 2.20. The molecule has 0 fully saturated rings. The minimum absolute atomic E-state index is 0.292. The molecule has 0 aromatic heterocycles. The normalized spacial score (nSPS) is 18.9. The molecule has 0 bridgehead atoms. The molecule has 0 aliphatic carbocycles. The maximum Gasteiger partial charge on any atom is 0.114 e. The van der Waals surface area contributed by atoms with Crippen LogP contribution in [0.2, 0.25) is 0 Å². The van der Waals surface area contributed by atoms with Crippen LogP contribution in [-0.4, -0.2) is 23.9 Å². The Morgan fingerprint density at radius 3 is 2.55 bits per heavy atom. The largest absolute Gasteiger partial charge is 0.297 e. The van der Waals surface area contributed by atoms with Crippen LogP contribution in [0.25, 0.3) is 0 Å². The Morgan fingerprint density at radius 1 is 1.55 bits per heavy atom. The first-order valence-corrected chi connectivity index (χ1v) is 4.04. The van der Waals surface area contributed by atoms with Gasteiger partial charge in [-0.3, -0.25) is 10.0 Å². The van der Waals surface area contributed by atoms with Crippen LogP contribution in [0.15, 0.2) is 4.99 Å². The molecule has 3 heteroatoms. The smallest absolute Gasteiger partial charge is 0.114 e. The Bertz CT molecular complexity index is 167. The van der Waals surface area contributed by atoms with Gasteiger partial charge in [0, 0.05) is 6.42 Å². The molecule has 3 nitrogen and oxygen atoms in total. The van der Waals surface area contributed by atoms with E-state index in [-0.39, 0.29) is 0 Å². The van der Waals surface area contributed by atoms with E-state index in [1.807, 2.05) is 0 Å². The third kappa shape index (κ3) is 2.50. The first-order valence-electron chi connectivity index (χ1n) is 4.04. The van der Waals surface area contributed by atoms with Crippen LogP contribution in [0, 0.1) is 5.41 Å². The monoisotopic (exact) mass is 155 g/mol. The van der Waals surface area contributed by atoms with Crippen molar-refractivity contribution in [2.45, 2.75) is 27.2 Å². The summed E-state index contributed by atoms with van der Waals surface area (Å²) < 4.78 is 0. The molecule has 64 valence electrons. The molecule has 1 aliphatic rings. The zero-order chi connectivity index (χ0) is 8.48. The van der Waals surface area contributed by atoms with Gasteiger partial charge in [-0.15, -0.1) is 0 Å². The summed E-state index contributed by atoms with van der Waals surface area (Å²) in [7, 11) is 0. The van der Waals surface area contributed by atoms with Crippen molar-refractivity contribution in [3.63, 3.8) is 0 Å². The topological polar surface area (TPSA) is 41.6 Å². The number of hydrogen-bond donors (Lipinski definition) is 1. The molecular formula is C8H17N3. The molecule has 0 saturated heterocycles. The first-order chi connectivity index (χ1) is 4.99. The Morgan fingerprint density at radius 2 is 2.18 bits per heavy atom. The van der Waals surface area contributed by atoms with Crippen molar-refractivity contribution in [2.75, 3.05) is 13.1 Å². The third-order valence-corrected chi connectivity index (χ3v) is 1.66. The van der Waals surface area contributed by atoms with Gasteiger partial charge in [-0.25, -0.2) is 5.84 Å². The molecule has 1 rings (SSSR count). The van der Waals surface area contributed by atoms with Gasteiger partial charge in [0.05, 0.1) is 13.1 Å². The molecule has 0 saturated carbocycles. The highest BCUT2D eigenvalue weighted by molar-refractivity contribution is 5.83. The highest BCUT2D eigenvalue weighted by Gasteiger charge is 2.20. The van der Waals surface area contributed by atoms with Gasteiger partial charge in [-0.05, 0) is 5.41 Å². The van der Waals surface area contributed by atoms with E-state index in [0.29, 0.717) is 5.41 Å². The molecule has 2 N–H and O–H groups in total. The Balaban J connectivity index is 2.49. The minimum Gasteiger partial charge on any atom is -0.297 e. The van der Waals surface area contributed by atoms with E-state index < -0.39 is 0 Å². The quantitative estimate of drug-likeness (QED) is 0.574. The summed E-state index contributed by atoms with van der Waals surface area (Å²) in [5.41, 5.74) is 0.292. The average molecular weight is 155 g/mol. The molecule has 0 atom stereocenters. The van der Waals surface area contributed by atoms with Crippen molar-refractivity contribution in [3.8, 4) is 0 Å². The fourth-order valence-corrected chi connectivity index (χ4v) is 1.14. The summed E-state index contributed by atoms with van der Waals surface area (Å²) in [5.74, 6) is 6.74. The van der Waals surface area contributed by atoms with Crippen LogP contribution < -0.4 is 5.84 Å². The number of rotatable bonds is 1. The van der Waals surface area contributed by atoms with Gasteiger partial charge in [0.25, 0.3) is 0 Å². The molecule has 0 spiro atoms. The summed E-state index contributed by atoms with van der Waals surface area (Å²) in [4.78, 5) is 4.32. The number of hydrazine groups is 1. The van der Waals surface area contributed by atoms with Crippen molar-refractivity contribution in [1.82, 2.24) is 5.01 Å². The van der Waals surface area contributed by atoms with E-state index in [9.17, 15) is 0 Å². The lowest BCUT2D eigenvalue weighted by atomic mass is 9.92. The molecule has 0 unspecified atom stereocenters. The second kappa shape index (κ2) is 2.81. The lowest BCUT2D eigenvalue weighted by Crippen LogP contribution is -2.36. The molecule has 11 heavy (non-hydrogen) atoms. The van der Waals surface area contributed by atoms with Crippen molar-refractivity contribution in [1.29, 1.82) is 0 Å².